The lowest BCUT2D eigenvalue weighted by atomic mass is 9.87. The van der Waals surface area contributed by atoms with Crippen LogP contribution in [0.4, 0.5) is 0 Å². The van der Waals surface area contributed by atoms with Gasteiger partial charge in [-0.05, 0) is 170 Å². The zero-order valence-corrected chi connectivity index (χ0v) is 24.2. The van der Waals surface area contributed by atoms with Gasteiger partial charge in [0.2, 0.25) is 0 Å². The summed E-state index contributed by atoms with van der Waals surface area (Å²) in [6, 6.07) is 45.5. The van der Waals surface area contributed by atoms with Crippen LogP contribution in [0.15, 0.2) is 131 Å². The molecule has 0 aromatic heterocycles. The summed E-state index contributed by atoms with van der Waals surface area (Å²) in [6.45, 7) is 0. The van der Waals surface area contributed by atoms with Gasteiger partial charge in [-0.3, -0.25) is 0 Å². The maximum Gasteiger partial charge on any atom is 0.00463 e. The van der Waals surface area contributed by atoms with Crippen molar-refractivity contribution >= 4 is 122 Å². The summed E-state index contributed by atoms with van der Waals surface area (Å²) in [5, 5.41) is 23.2. The van der Waals surface area contributed by atoms with E-state index in [1.807, 2.05) is 0 Å². The molecule has 0 N–H and O–H groups in total. The van der Waals surface area contributed by atoms with Crippen molar-refractivity contribution in [2.24, 2.45) is 0 Å². The first kappa shape index (κ1) is 23.1. The fourth-order valence-corrected chi connectivity index (χ4v) is 7.88. The first-order valence-electron chi connectivity index (χ1n) is 14.3. The summed E-state index contributed by atoms with van der Waals surface area (Å²) in [5.41, 5.74) is 0. The highest BCUT2D eigenvalue weighted by molar-refractivity contribution is 7.80. The first-order valence-corrected chi connectivity index (χ1v) is 15.2. The zero-order valence-electron chi connectivity index (χ0n) is 22.4. The number of hydrogen-bond donors (Lipinski definition) is 2. The fraction of sp³-hybridized carbons (Fsp3) is 0. The van der Waals surface area contributed by atoms with Crippen molar-refractivity contribution in [1.29, 1.82) is 0 Å². The molecule has 10 aromatic carbocycles. The molecule has 0 aliphatic rings. The van der Waals surface area contributed by atoms with Crippen molar-refractivity contribution in [2.75, 3.05) is 0 Å². The summed E-state index contributed by atoms with van der Waals surface area (Å²) < 4.78 is 0. The average molecular weight is 567 g/mol. The Morgan fingerprint density at radius 1 is 0.238 bits per heavy atom. The van der Waals surface area contributed by atoms with Crippen LogP contribution < -0.4 is 0 Å². The van der Waals surface area contributed by atoms with Crippen LogP contribution in [-0.2, 0) is 0 Å². The second kappa shape index (κ2) is 8.07. The largest absolute Gasteiger partial charge is 0.143 e. The van der Waals surface area contributed by atoms with E-state index < -0.39 is 0 Å². The van der Waals surface area contributed by atoms with E-state index in [0.29, 0.717) is 0 Å². The van der Waals surface area contributed by atoms with Gasteiger partial charge in [-0.2, -0.15) is 0 Å². The molecular formula is C40H22S2. The van der Waals surface area contributed by atoms with Crippen LogP contribution in [0.25, 0.3) is 97.0 Å². The third kappa shape index (κ3) is 3.11. The molecule has 2 heteroatoms. The Labute approximate surface area is 252 Å². The Bertz CT molecular complexity index is 2810. The third-order valence-corrected chi connectivity index (χ3v) is 9.92. The molecule has 194 valence electrons. The van der Waals surface area contributed by atoms with E-state index in [2.05, 4.69) is 147 Å². The van der Waals surface area contributed by atoms with Gasteiger partial charge >= 0.3 is 0 Å². The van der Waals surface area contributed by atoms with Gasteiger partial charge in [0.1, 0.15) is 0 Å². The molecule has 0 fully saturated rings. The molecule has 0 saturated carbocycles. The molecular weight excluding hydrogens is 545 g/mol. The minimum Gasteiger partial charge on any atom is -0.143 e. The van der Waals surface area contributed by atoms with Crippen LogP contribution in [0.2, 0.25) is 0 Å². The van der Waals surface area contributed by atoms with Crippen molar-refractivity contribution in [3.05, 3.63) is 121 Å². The highest BCUT2D eigenvalue weighted by atomic mass is 32.1. The molecule has 0 spiro atoms. The minimum atomic E-state index is 0.991. The Morgan fingerprint density at radius 2 is 0.643 bits per heavy atom. The monoisotopic (exact) mass is 566 g/mol. The summed E-state index contributed by atoms with van der Waals surface area (Å²) in [4.78, 5) is 1.98. The molecule has 0 unspecified atom stereocenters. The van der Waals surface area contributed by atoms with Gasteiger partial charge in [0, 0.05) is 9.79 Å². The third-order valence-electron chi connectivity index (χ3n) is 9.36. The van der Waals surface area contributed by atoms with Crippen molar-refractivity contribution in [3.63, 3.8) is 0 Å². The van der Waals surface area contributed by atoms with Crippen molar-refractivity contribution in [1.82, 2.24) is 0 Å². The smallest absolute Gasteiger partial charge is 0.00463 e. The van der Waals surface area contributed by atoms with Crippen LogP contribution in [0.1, 0.15) is 0 Å². The van der Waals surface area contributed by atoms with E-state index in [9.17, 15) is 0 Å². The quantitative estimate of drug-likeness (QED) is 0.102. The normalized spacial score (nSPS) is 12.5. The molecule has 0 heterocycles. The maximum atomic E-state index is 4.58. The fourth-order valence-electron chi connectivity index (χ4n) is 7.45. The van der Waals surface area contributed by atoms with Crippen LogP contribution in [0.3, 0.4) is 0 Å². The van der Waals surface area contributed by atoms with E-state index in [0.717, 1.165) is 9.79 Å². The first-order chi connectivity index (χ1) is 20.6. The predicted octanol–water partition coefficient (Wildman–Crippen LogP) is 12.1. The van der Waals surface area contributed by atoms with E-state index in [-0.39, 0.29) is 0 Å². The molecule has 42 heavy (non-hydrogen) atoms. The SMILES string of the molecule is Sc1ccc2cc3cc4c(cc3cc2c1)cc1ccc2c3cc5c(ccc6cc(S)ccc65)cc3cc3ccc4c1c32. The highest BCUT2D eigenvalue weighted by Crippen LogP contribution is 2.43. The van der Waals surface area contributed by atoms with E-state index in [1.54, 1.807) is 0 Å². The van der Waals surface area contributed by atoms with Gasteiger partial charge in [0.05, 0.1) is 0 Å². The molecule has 0 atom stereocenters. The zero-order chi connectivity index (χ0) is 27.7. The number of benzene rings is 10. The molecule has 0 amide bonds. The second-order valence-corrected chi connectivity index (χ2v) is 12.8. The summed E-state index contributed by atoms with van der Waals surface area (Å²) >= 11 is 9.14. The van der Waals surface area contributed by atoms with Gasteiger partial charge in [0.25, 0.3) is 0 Å². The second-order valence-electron chi connectivity index (χ2n) is 11.7. The van der Waals surface area contributed by atoms with Gasteiger partial charge in [-0.25, -0.2) is 0 Å². The highest BCUT2D eigenvalue weighted by Gasteiger charge is 2.15. The molecule has 10 rings (SSSR count). The summed E-state index contributed by atoms with van der Waals surface area (Å²) in [7, 11) is 0. The van der Waals surface area contributed by atoms with E-state index in [1.165, 1.54) is 97.0 Å². The van der Waals surface area contributed by atoms with Crippen molar-refractivity contribution in [2.45, 2.75) is 9.79 Å². The van der Waals surface area contributed by atoms with E-state index >= 15 is 0 Å². The Hall–Kier alpha value is -4.50. The number of thiol groups is 2. The van der Waals surface area contributed by atoms with E-state index in [4.69, 9.17) is 0 Å². The van der Waals surface area contributed by atoms with Crippen LogP contribution in [0.5, 0.6) is 0 Å². The molecule has 0 saturated heterocycles. The maximum absolute atomic E-state index is 4.58. The van der Waals surface area contributed by atoms with Gasteiger partial charge in [-0.15, -0.1) is 25.3 Å². The van der Waals surface area contributed by atoms with Crippen LogP contribution >= 0.6 is 25.3 Å². The Morgan fingerprint density at radius 3 is 1.38 bits per heavy atom. The lowest BCUT2D eigenvalue weighted by molar-refractivity contribution is 1.53. The topological polar surface area (TPSA) is 0 Å². The van der Waals surface area contributed by atoms with Crippen molar-refractivity contribution in [3.8, 4) is 0 Å². The number of rotatable bonds is 0. The lowest BCUT2D eigenvalue weighted by Crippen LogP contribution is -1.88. The van der Waals surface area contributed by atoms with Gasteiger partial charge in [-0.1, -0.05) is 48.5 Å². The van der Waals surface area contributed by atoms with Crippen LogP contribution in [0, 0.1) is 0 Å². The molecule has 0 radical (unpaired) electrons. The van der Waals surface area contributed by atoms with Gasteiger partial charge < -0.3 is 0 Å². The number of hydrogen-bond acceptors (Lipinski definition) is 2. The molecule has 0 nitrogen and oxygen atoms in total. The van der Waals surface area contributed by atoms with Gasteiger partial charge in [0.15, 0.2) is 0 Å². The Balaban J connectivity index is 1.32. The predicted molar refractivity (Wildman–Crippen MR) is 190 cm³/mol. The number of fused-ring (bicyclic) bond motifs is 9. The average Bonchev–Trinajstić information content (AvgIpc) is 3.00. The Kier molecular flexibility index (Phi) is 4.44. The molecule has 10 aromatic rings. The standard InChI is InChI=1S/C40H22S2/c41-31-6-3-21-11-28-19-36-30(16-26(28)15-27(21)18-31)14-25-5-9-35-38-20-37-22(1-2-23-17-32(42)7-10-33(23)37)12-29(38)13-24-4-8-34(36)39(25)40(24)35/h1-20,41-42H. The van der Waals surface area contributed by atoms with Crippen molar-refractivity contribution < 1.29 is 0 Å². The van der Waals surface area contributed by atoms with Crippen LogP contribution in [-0.4, -0.2) is 0 Å². The lowest BCUT2D eigenvalue weighted by Gasteiger charge is -2.16. The summed E-state index contributed by atoms with van der Waals surface area (Å²) in [5.74, 6) is 0. The summed E-state index contributed by atoms with van der Waals surface area (Å²) in [6.07, 6.45) is 0. The molecule has 0 aliphatic heterocycles. The molecule has 0 aliphatic carbocycles. The molecule has 0 bridgehead atoms. The minimum absolute atomic E-state index is 0.991.